The van der Waals surface area contributed by atoms with Crippen LogP contribution in [0, 0.1) is 12.8 Å². The number of amides is 1. The summed E-state index contributed by atoms with van der Waals surface area (Å²) in [5.74, 6) is 0.0199. The van der Waals surface area contributed by atoms with Crippen molar-refractivity contribution in [3.8, 4) is 5.75 Å². The van der Waals surface area contributed by atoms with Crippen molar-refractivity contribution in [1.82, 2.24) is 4.31 Å². The molecule has 0 saturated carbocycles. The predicted molar refractivity (Wildman–Crippen MR) is 102 cm³/mol. The number of ether oxygens (including phenoxy) is 1. The molecule has 0 radical (unpaired) electrons. The third-order valence-corrected chi connectivity index (χ3v) is 7.70. The van der Waals surface area contributed by atoms with Gasteiger partial charge in [-0.1, -0.05) is 12.1 Å². The first-order valence-corrected chi connectivity index (χ1v) is 10.7. The van der Waals surface area contributed by atoms with Crippen molar-refractivity contribution < 1.29 is 17.9 Å². The first-order chi connectivity index (χ1) is 12.4. The number of carbonyl (C=O) groups is 1. The Bertz CT molecular complexity index is 879. The molecule has 140 valence electrons. The van der Waals surface area contributed by atoms with Gasteiger partial charge >= 0.3 is 0 Å². The summed E-state index contributed by atoms with van der Waals surface area (Å²) in [5.41, 5.74) is 1.61. The van der Waals surface area contributed by atoms with Crippen molar-refractivity contribution in [3.63, 3.8) is 0 Å². The highest BCUT2D eigenvalue weighted by atomic mass is 32.2. The lowest BCUT2D eigenvalue weighted by Crippen LogP contribution is -2.43. The van der Waals surface area contributed by atoms with E-state index in [1.165, 1.54) is 15.6 Å². The van der Waals surface area contributed by atoms with Gasteiger partial charge in [-0.3, -0.25) is 4.79 Å². The molecular formula is C18H22N2O4S2. The predicted octanol–water partition coefficient (Wildman–Crippen LogP) is 3.10. The zero-order valence-corrected chi connectivity index (χ0v) is 16.4. The fraction of sp³-hybridized carbons (Fsp3) is 0.389. The molecule has 3 rings (SSSR count). The second-order valence-electron chi connectivity index (χ2n) is 6.33. The van der Waals surface area contributed by atoms with Crippen LogP contribution in [0.2, 0.25) is 0 Å². The Morgan fingerprint density at radius 1 is 1.35 bits per heavy atom. The van der Waals surface area contributed by atoms with Crippen LogP contribution < -0.4 is 10.1 Å². The first kappa shape index (κ1) is 18.9. The van der Waals surface area contributed by atoms with Gasteiger partial charge in [-0.15, -0.1) is 11.3 Å². The number of sulfonamides is 1. The molecule has 1 amide bonds. The van der Waals surface area contributed by atoms with Gasteiger partial charge in [0, 0.05) is 13.1 Å². The number of benzene rings is 1. The van der Waals surface area contributed by atoms with E-state index >= 15 is 0 Å². The van der Waals surface area contributed by atoms with Gasteiger partial charge in [-0.2, -0.15) is 4.31 Å². The average molecular weight is 395 g/mol. The highest BCUT2D eigenvalue weighted by Gasteiger charge is 2.34. The first-order valence-electron chi connectivity index (χ1n) is 8.41. The Labute approximate surface area is 157 Å². The lowest BCUT2D eigenvalue weighted by molar-refractivity contribution is -0.120. The van der Waals surface area contributed by atoms with Crippen LogP contribution >= 0.6 is 11.3 Å². The molecule has 2 aromatic rings. The number of methoxy groups -OCH3 is 1. The maximum atomic E-state index is 12.7. The number of aryl methyl sites for hydroxylation is 1. The quantitative estimate of drug-likeness (QED) is 0.845. The molecule has 0 bridgehead atoms. The summed E-state index contributed by atoms with van der Waals surface area (Å²) in [6.07, 6.45) is 1.32. The van der Waals surface area contributed by atoms with Crippen molar-refractivity contribution in [2.24, 2.45) is 5.92 Å². The summed E-state index contributed by atoms with van der Waals surface area (Å²) in [4.78, 5) is 12.7. The largest absolute Gasteiger partial charge is 0.495 e. The number of carbonyl (C=O) groups excluding carboxylic acids is 1. The summed E-state index contributed by atoms with van der Waals surface area (Å²) < 4.78 is 32.4. The molecule has 8 heteroatoms. The molecule has 0 spiro atoms. The summed E-state index contributed by atoms with van der Waals surface area (Å²) in [5, 5.41) is 4.64. The Hall–Kier alpha value is -1.90. The van der Waals surface area contributed by atoms with Crippen LogP contribution in [-0.2, 0) is 14.8 Å². The van der Waals surface area contributed by atoms with Crippen LogP contribution in [0.3, 0.4) is 0 Å². The lowest BCUT2D eigenvalue weighted by atomic mass is 9.98. The fourth-order valence-corrected chi connectivity index (χ4v) is 5.73. The normalized spacial score (nSPS) is 18.5. The maximum Gasteiger partial charge on any atom is 0.252 e. The van der Waals surface area contributed by atoms with E-state index in [-0.39, 0.29) is 18.4 Å². The standard InChI is InChI=1S/C18H22N2O4S2/c1-13-7-8-16(24-2)15(11-13)19-18(21)14-5-3-9-20(12-14)26(22,23)17-6-4-10-25-17/h4,6-8,10-11,14H,3,5,9,12H2,1-2H3,(H,19,21)/t14-/m1/s1. The van der Waals surface area contributed by atoms with Gasteiger partial charge in [0.1, 0.15) is 9.96 Å². The van der Waals surface area contributed by atoms with Crippen LogP contribution in [0.25, 0.3) is 0 Å². The number of anilines is 1. The number of nitrogens with zero attached hydrogens (tertiary/aromatic N) is 1. The van der Waals surface area contributed by atoms with E-state index in [1.807, 2.05) is 19.1 Å². The number of hydrogen-bond donors (Lipinski definition) is 1. The molecule has 1 aromatic carbocycles. The monoisotopic (exact) mass is 394 g/mol. The highest BCUT2D eigenvalue weighted by Crippen LogP contribution is 2.29. The Morgan fingerprint density at radius 3 is 2.85 bits per heavy atom. The number of rotatable bonds is 5. The van der Waals surface area contributed by atoms with Crippen molar-refractivity contribution in [2.45, 2.75) is 24.0 Å². The maximum absolute atomic E-state index is 12.7. The summed E-state index contributed by atoms with van der Waals surface area (Å²) in [7, 11) is -1.98. The molecule has 1 aliphatic heterocycles. The Balaban J connectivity index is 1.74. The van der Waals surface area contributed by atoms with Crippen LogP contribution in [0.1, 0.15) is 18.4 Å². The number of nitrogens with one attached hydrogen (secondary N) is 1. The minimum atomic E-state index is -3.53. The van der Waals surface area contributed by atoms with Gasteiger partial charge in [0.15, 0.2) is 0 Å². The van der Waals surface area contributed by atoms with Gasteiger partial charge in [0.25, 0.3) is 10.0 Å². The van der Waals surface area contributed by atoms with E-state index in [2.05, 4.69) is 5.32 Å². The molecule has 1 atom stereocenters. The molecule has 2 heterocycles. The van der Waals surface area contributed by atoms with Crippen molar-refractivity contribution in [3.05, 3.63) is 41.3 Å². The summed E-state index contributed by atoms with van der Waals surface area (Å²) >= 11 is 1.20. The van der Waals surface area contributed by atoms with Gasteiger partial charge < -0.3 is 10.1 Å². The Kier molecular flexibility index (Phi) is 5.64. The summed E-state index contributed by atoms with van der Waals surface area (Å²) in [6, 6.07) is 8.88. The molecule has 1 saturated heterocycles. The molecule has 6 nitrogen and oxygen atoms in total. The molecule has 1 aromatic heterocycles. The van der Waals surface area contributed by atoms with E-state index < -0.39 is 10.0 Å². The number of piperidine rings is 1. The number of thiophene rings is 1. The van der Waals surface area contributed by atoms with Crippen molar-refractivity contribution in [2.75, 3.05) is 25.5 Å². The van der Waals surface area contributed by atoms with Crippen LogP contribution in [-0.4, -0.2) is 38.8 Å². The molecule has 1 aliphatic rings. The molecule has 1 N–H and O–H groups in total. The zero-order chi connectivity index (χ0) is 18.7. The van der Waals surface area contributed by atoms with Crippen LogP contribution in [0.5, 0.6) is 5.75 Å². The van der Waals surface area contributed by atoms with Gasteiger partial charge in [-0.25, -0.2) is 8.42 Å². The van der Waals surface area contributed by atoms with Gasteiger partial charge in [-0.05, 0) is 48.9 Å². The van der Waals surface area contributed by atoms with Crippen molar-refractivity contribution >= 4 is 33.0 Å². The summed E-state index contributed by atoms with van der Waals surface area (Å²) in [6.45, 7) is 2.57. The van der Waals surface area contributed by atoms with E-state index in [4.69, 9.17) is 4.74 Å². The smallest absolute Gasteiger partial charge is 0.252 e. The molecule has 26 heavy (non-hydrogen) atoms. The third kappa shape index (κ3) is 3.92. The zero-order valence-electron chi connectivity index (χ0n) is 14.8. The molecule has 0 aliphatic carbocycles. The molecular weight excluding hydrogens is 372 g/mol. The average Bonchev–Trinajstić information content (AvgIpc) is 3.17. The minimum Gasteiger partial charge on any atom is -0.495 e. The highest BCUT2D eigenvalue weighted by molar-refractivity contribution is 7.91. The molecule has 1 fully saturated rings. The van der Waals surface area contributed by atoms with E-state index in [0.717, 1.165) is 5.56 Å². The van der Waals surface area contributed by atoms with E-state index in [9.17, 15) is 13.2 Å². The second kappa shape index (κ2) is 7.77. The van der Waals surface area contributed by atoms with Crippen LogP contribution in [0.15, 0.2) is 39.9 Å². The SMILES string of the molecule is COc1ccc(C)cc1NC(=O)[C@@H]1CCCN(S(=O)(=O)c2cccs2)C1. The van der Waals surface area contributed by atoms with Gasteiger partial charge in [0.05, 0.1) is 18.7 Å². The third-order valence-electron chi connectivity index (χ3n) is 4.46. The van der Waals surface area contributed by atoms with E-state index in [0.29, 0.717) is 35.0 Å². The number of hydrogen-bond acceptors (Lipinski definition) is 5. The van der Waals surface area contributed by atoms with Crippen LogP contribution in [0.4, 0.5) is 5.69 Å². The van der Waals surface area contributed by atoms with Gasteiger partial charge in [0.2, 0.25) is 5.91 Å². The van der Waals surface area contributed by atoms with E-state index in [1.54, 1.807) is 30.7 Å². The Morgan fingerprint density at radius 2 is 2.15 bits per heavy atom. The molecule has 0 unspecified atom stereocenters. The fourth-order valence-electron chi connectivity index (χ4n) is 3.07. The lowest BCUT2D eigenvalue weighted by Gasteiger charge is -2.30. The minimum absolute atomic E-state index is 0.181. The van der Waals surface area contributed by atoms with Crippen molar-refractivity contribution in [1.29, 1.82) is 0 Å². The topological polar surface area (TPSA) is 75.7 Å². The second-order valence-corrected chi connectivity index (χ2v) is 9.44.